The molecule has 0 fully saturated rings. The third-order valence-electron chi connectivity index (χ3n) is 4.20. The second-order valence-corrected chi connectivity index (χ2v) is 7.71. The van der Waals surface area contributed by atoms with Crippen molar-refractivity contribution in [2.24, 2.45) is 11.3 Å². The number of Topliss-reactive ketones (excluding diaryl/α,β-unsaturated/α-hetero) is 1. The Balaban J connectivity index is 2.81. The molecule has 7 heteroatoms. The Morgan fingerprint density at radius 3 is 2.21 bits per heavy atom. The maximum Gasteiger partial charge on any atom is 0.319 e. The standard InChI is InChI=1S/C21H30N2O5/c1-14(2)11-17(23-18(25)12-22-15(3)24)19(26)21(4,5)20(27)28-13-16-9-7-6-8-10-16/h6-10,14,17H,11-13H2,1-5H3,(H,22,24)(H,23,25)/t17-/m0/s1. The Hall–Kier alpha value is -2.70. The van der Waals surface area contributed by atoms with Gasteiger partial charge in [0.1, 0.15) is 12.0 Å². The van der Waals surface area contributed by atoms with Gasteiger partial charge in [0, 0.05) is 6.92 Å². The van der Waals surface area contributed by atoms with E-state index in [4.69, 9.17) is 4.74 Å². The predicted octanol–water partition coefficient (Wildman–Crippen LogP) is 1.99. The number of nitrogens with one attached hydrogen (secondary N) is 2. The quantitative estimate of drug-likeness (QED) is 0.470. The summed E-state index contributed by atoms with van der Waals surface area (Å²) in [5.74, 6) is -1.78. The van der Waals surface area contributed by atoms with Crippen LogP contribution in [-0.4, -0.2) is 36.2 Å². The van der Waals surface area contributed by atoms with Gasteiger partial charge in [-0.05, 0) is 31.7 Å². The molecule has 0 unspecified atom stereocenters. The van der Waals surface area contributed by atoms with E-state index in [9.17, 15) is 19.2 Å². The van der Waals surface area contributed by atoms with Gasteiger partial charge in [-0.15, -0.1) is 0 Å². The Bertz CT molecular complexity index is 698. The number of esters is 1. The van der Waals surface area contributed by atoms with Gasteiger partial charge in [0.2, 0.25) is 11.8 Å². The molecule has 1 aromatic rings. The highest BCUT2D eigenvalue weighted by molar-refractivity contribution is 6.06. The van der Waals surface area contributed by atoms with Crippen LogP contribution in [0.25, 0.3) is 0 Å². The maximum absolute atomic E-state index is 13.0. The van der Waals surface area contributed by atoms with Crippen molar-refractivity contribution < 1.29 is 23.9 Å². The van der Waals surface area contributed by atoms with Crippen LogP contribution in [0.5, 0.6) is 0 Å². The topological polar surface area (TPSA) is 102 Å². The van der Waals surface area contributed by atoms with Gasteiger partial charge in [-0.1, -0.05) is 44.2 Å². The molecular formula is C21H30N2O5. The minimum atomic E-state index is -1.42. The fourth-order valence-corrected chi connectivity index (χ4v) is 2.59. The molecule has 0 bridgehead atoms. The number of carbonyl (C=O) groups excluding carboxylic acids is 4. The van der Waals surface area contributed by atoms with Crippen LogP contribution in [0.15, 0.2) is 30.3 Å². The van der Waals surface area contributed by atoms with Gasteiger partial charge in [-0.3, -0.25) is 19.2 Å². The predicted molar refractivity (Wildman–Crippen MR) is 105 cm³/mol. The first kappa shape index (κ1) is 23.3. The zero-order valence-electron chi connectivity index (χ0n) is 17.2. The lowest BCUT2D eigenvalue weighted by molar-refractivity contribution is -0.160. The first-order chi connectivity index (χ1) is 13.0. The van der Waals surface area contributed by atoms with E-state index in [-0.39, 0.29) is 25.0 Å². The summed E-state index contributed by atoms with van der Waals surface area (Å²) in [4.78, 5) is 48.6. The van der Waals surface area contributed by atoms with Crippen molar-refractivity contribution in [3.63, 3.8) is 0 Å². The molecule has 1 atom stereocenters. The van der Waals surface area contributed by atoms with E-state index in [1.165, 1.54) is 20.8 Å². The monoisotopic (exact) mass is 390 g/mol. The summed E-state index contributed by atoms with van der Waals surface area (Å²) in [6.07, 6.45) is 0.375. The normalized spacial score (nSPS) is 12.2. The number of ether oxygens (including phenoxy) is 1. The molecule has 0 saturated carbocycles. The largest absolute Gasteiger partial charge is 0.460 e. The van der Waals surface area contributed by atoms with Crippen molar-refractivity contribution >= 4 is 23.6 Å². The van der Waals surface area contributed by atoms with Gasteiger partial charge in [0.15, 0.2) is 5.78 Å². The van der Waals surface area contributed by atoms with Crippen molar-refractivity contribution in [1.29, 1.82) is 0 Å². The Morgan fingerprint density at radius 2 is 1.68 bits per heavy atom. The van der Waals surface area contributed by atoms with Gasteiger partial charge in [0.05, 0.1) is 12.6 Å². The highest BCUT2D eigenvalue weighted by Crippen LogP contribution is 2.24. The van der Waals surface area contributed by atoms with Crippen molar-refractivity contribution in [1.82, 2.24) is 10.6 Å². The summed E-state index contributed by atoms with van der Waals surface area (Å²) in [7, 11) is 0. The van der Waals surface area contributed by atoms with E-state index < -0.39 is 29.1 Å². The zero-order chi connectivity index (χ0) is 21.3. The molecule has 0 spiro atoms. The summed E-state index contributed by atoms with van der Waals surface area (Å²) in [5.41, 5.74) is -0.600. The first-order valence-electron chi connectivity index (χ1n) is 9.33. The fraction of sp³-hybridized carbons (Fsp3) is 0.524. The minimum absolute atomic E-state index is 0.0696. The number of hydrogen-bond acceptors (Lipinski definition) is 5. The van der Waals surface area contributed by atoms with Crippen LogP contribution in [0.2, 0.25) is 0 Å². The number of benzene rings is 1. The van der Waals surface area contributed by atoms with Crippen LogP contribution >= 0.6 is 0 Å². The number of hydrogen-bond donors (Lipinski definition) is 2. The van der Waals surface area contributed by atoms with Crippen LogP contribution in [0.3, 0.4) is 0 Å². The minimum Gasteiger partial charge on any atom is -0.460 e. The van der Waals surface area contributed by atoms with Crippen LogP contribution in [0.1, 0.15) is 46.6 Å². The lowest BCUT2D eigenvalue weighted by atomic mass is 9.81. The maximum atomic E-state index is 13.0. The highest BCUT2D eigenvalue weighted by Gasteiger charge is 2.42. The van der Waals surface area contributed by atoms with E-state index in [1.807, 2.05) is 44.2 Å². The molecule has 1 aromatic carbocycles. The Kier molecular flexibility index (Phi) is 8.82. The molecule has 7 nitrogen and oxygen atoms in total. The third-order valence-corrected chi connectivity index (χ3v) is 4.20. The second-order valence-electron chi connectivity index (χ2n) is 7.71. The summed E-state index contributed by atoms with van der Waals surface area (Å²) in [6.45, 7) is 7.97. The molecule has 0 radical (unpaired) electrons. The van der Waals surface area contributed by atoms with Gasteiger partial charge in [0.25, 0.3) is 0 Å². The van der Waals surface area contributed by atoms with Crippen molar-refractivity contribution in [3.05, 3.63) is 35.9 Å². The molecule has 28 heavy (non-hydrogen) atoms. The van der Waals surface area contributed by atoms with Gasteiger partial charge in [-0.25, -0.2) is 0 Å². The molecule has 0 saturated heterocycles. The number of carbonyl (C=O) groups is 4. The zero-order valence-corrected chi connectivity index (χ0v) is 17.2. The number of ketones is 1. The summed E-state index contributed by atoms with van der Waals surface area (Å²) in [6, 6.07) is 8.34. The van der Waals surface area contributed by atoms with Crippen LogP contribution in [0.4, 0.5) is 0 Å². The molecule has 0 heterocycles. The molecule has 0 aliphatic carbocycles. The Morgan fingerprint density at radius 1 is 1.07 bits per heavy atom. The van der Waals surface area contributed by atoms with E-state index in [0.29, 0.717) is 6.42 Å². The lowest BCUT2D eigenvalue weighted by Gasteiger charge is -2.28. The van der Waals surface area contributed by atoms with Crippen LogP contribution in [-0.2, 0) is 30.5 Å². The van der Waals surface area contributed by atoms with Crippen LogP contribution in [0, 0.1) is 11.3 Å². The Labute approximate surface area is 166 Å². The summed E-state index contributed by atoms with van der Waals surface area (Å²) >= 11 is 0. The van der Waals surface area contributed by atoms with Gasteiger partial charge in [-0.2, -0.15) is 0 Å². The summed E-state index contributed by atoms with van der Waals surface area (Å²) in [5, 5.41) is 5.02. The lowest BCUT2D eigenvalue weighted by Crippen LogP contribution is -2.51. The number of rotatable bonds is 10. The highest BCUT2D eigenvalue weighted by atomic mass is 16.5. The average molecular weight is 390 g/mol. The van der Waals surface area contributed by atoms with Gasteiger partial charge < -0.3 is 15.4 Å². The molecule has 2 amide bonds. The van der Waals surface area contributed by atoms with E-state index >= 15 is 0 Å². The fourth-order valence-electron chi connectivity index (χ4n) is 2.59. The van der Waals surface area contributed by atoms with E-state index in [2.05, 4.69) is 10.6 Å². The van der Waals surface area contributed by atoms with Crippen molar-refractivity contribution in [2.75, 3.05) is 6.54 Å². The van der Waals surface area contributed by atoms with Crippen molar-refractivity contribution in [2.45, 2.75) is 53.7 Å². The molecule has 1 rings (SSSR count). The molecule has 0 aromatic heterocycles. The van der Waals surface area contributed by atoms with E-state index in [0.717, 1.165) is 5.56 Å². The van der Waals surface area contributed by atoms with Gasteiger partial charge >= 0.3 is 5.97 Å². The molecule has 0 aliphatic heterocycles. The molecule has 2 N–H and O–H groups in total. The SMILES string of the molecule is CC(=O)NCC(=O)N[C@@H](CC(C)C)C(=O)C(C)(C)C(=O)OCc1ccccc1. The number of amides is 2. The summed E-state index contributed by atoms with van der Waals surface area (Å²) < 4.78 is 5.32. The van der Waals surface area contributed by atoms with Crippen molar-refractivity contribution in [3.8, 4) is 0 Å². The van der Waals surface area contributed by atoms with E-state index in [1.54, 1.807) is 0 Å². The molecule has 154 valence electrons. The molecular weight excluding hydrogens is 360 g/mol. The second kappa shape index (κ2) is 10.6. The smallest absolute Gasteiger partial charge is 0.319 e. The van der Waals surface area contributed by atoms with Crippen LogP contribution < -0.4 is 10.6 Å². The third kappa shape index (κ3) is 7.50. The molecule has 0 aliphatic rings. The average Bonchev–Trinajstić information content (AvgIpc) is 2.63. The first-order valence-corrected chi connectivity index (χ1v) is 9.33.